The SMILES string of the molecule is CC(C)(C)c1ccc([C@@H](O)C[C@H](N)C(=O)O)cc1. The summed E-state index contributed by atoms with van der Waals surface area (Å²) in [6.07, 6.45) is -0.824. The molecular formula is C14H21NO3. The fourth-order valence-electron chi connectivity index (χ4n) is 1.68. The molecule has 4 N–H and O–H groups in total. The molecule has 0 aromatic heterocycles. The summed E-state index contributed by atoms with van der Waals surface area (Å²) >= 11 is 0. The van der Waals surface area contributed by atoms with E-state index in [4.69, 9.17) is 10.8 Å². The van der Waals surface area contributed by atoms with Crippen LogP contribution in [0.1, 0.15) is 44.4 Å². The minimum Gasteiger partial charge on any atom is -0.480 e. The maximum Gasteiger partial charge on any atom is 0.320 e. The van der Waals surface area contributed by atoms with Crippen LogP contribution in [0.3, 0.4) is 0 Å². The highest BCUT2D eigenvalue weighted by atomic mass is 16.4. The lowest BCUT2D eigenvalue weighted by atomic mass is 9.86. The predicted octanol–water partition coefficient (Wildman–Crippen LogP) is 1.82. The second kappa shape index (κ2) is 5.50. The summed E-state index contributed by atoms with van der Waals surface area (Å²) < 4.78 is 0. The first-order valence-corrected chi connectivity index (χ1v) is 5.98. The molecule has 2 atom stereocenters. The van der Waals surface area contributed by atoms with Crippen molar-refractivity contribution < 1.29 is 15.0 Å². The van der Waals surface area contributed by atoms with E-state index in [-0.39, 0.29) is 11.8 Å². The number of nitrogens with two attached hydrogens (primary N) is 1. The smallest absolute Gasteiger partial charge is 0.320 e. The molecule has 0 aliphatic heterocycles. The molecule has 4 heteroatoms. The van der Waals surface area contributed by atoms with Crippen LogP contribution in [0.2, 0.25) is 0 Å². The number of carbonyl (C=O) groups is 1. The highest BCUT2D eigenvalue weighted by Crippen LogP contribution is 2.25. The van der Waals surface area contributed by atoms with Gasteiger partial charge in [-0.05, 0) is 16.5 Å². The minimum atomic E-state index is -1.10. The van der Waals surface area contributed by atoms with E-state index in [2.05, 4.69) is 20.8 Å². The van der Waals surface area contributed by atoms with Crippen LogP contribution in [-0.2, 0) is 10.2 Å². The van der Waals surface area contributed by atoms with Crippen LogP contribution >= 0.6 is 0 Å². The maximum absolute atomic E-state index is 10.6. The van der Waals surface area contributed by atoms with Crippen LogP contribution in [-0.4, -0.2) is 22.2 Å². The number of aliphatic carboxylic acids is 1. The van der Waals surface area contributed by atoms with Crippen LogP contribution < -0.4 is 5.73 Å². The second-order valence-corrected chi connectivity index (χ2v) is 5.57. The molecule has 1 aromatic rings. The molecule has 0 fully saturated rings. The Morgan fingerprint density at radius 3 is 2.17 bits per heavy atom. The molecule has 0 spiro atoms. The normalized spacial score (nSPS) is 15.2. The quantitative estimate of drug-likeness (QED) is 0.762. The van der Waals surface area contributed by atoms with E-state index in [9.17, 15) is 9.90 Å². The van der Waals surface area contributed by atoms with Gasteiger partial charge in [0.05, 0.1) is 6.10 Å². The van der Waals surface area contributed by atoms with Crippen molar-refractivity contribution in [3.63, 3.8) is 0 Å². The highest BCUT2D eigenvalue weighted by Gasteiger charge is 2.19. The van der Waals surface area contributed by atoms with Crippen LogP contribution in [0.25, 0.3) is 0 Å². The first-order valence-electron chi connectivity index (χ1n) is 5.98. The molecule has 4 nitrogen and oxygen atoms in total. The predicted molar refractivity (Wildman–Crippen MR) is 70.3 cm³/mol. The van der Waals surface area contributed by atoms with Gasteiger partial charge in [-0.15, -0.1) is 0 Å². The summed E-state index contributed by atoms with van der Waals surface area (Å²) in [5.74, 6) is -1.10. The fraction of sp³-hybridized carbons (Fsp3) is 0.500. The summed E-state index contributed by atoms with van der Waals surface area (Å²) in [6.45, 7) is 6.33. The van der Waals surface area contributed by atoms with E-state index < -0.39 is 18.1 Å². The molecule has 0 aliphatic rings. The number of aliphatic hydroxyl groups excluding tert-OH is 1. The molecule has 1 rings (SSSR count). The Morgan fingerprint density at radius 1 is 1.28 bits per heavy atom. The zero-order valence-corrected chi connectivity index (χ0v) is 11.1. The van der Waals surface area contributed by atoms with Crippen LogP contribution in [0.4, 0.5) is 0 Å². The molecule has 0 heterocycles. The zero-order valence-electron chi connectivity index (χ0n) is 11.1. The van der Waals surface area contributed by atoms with E-state index in [1.54, 1.807) is 0 Å². The van der Waals surface area contributed by atoms with E-state index >= 15 is 0 Å². The molecule has 18 heavy (non-hydrogen) atoms. The third-order valence-electron chi connectivity index (χ3n) is 2.96. The molecule has 0 unspecified atom stereocenters. The van der Waals surface area contributed by atoms with Gasteiger partial charge >= 0.3 is 5.97 Å². The number of hydrogen-bond acceptors (Lipinski definition) is 3. The first-order chi connectivity index (χ1) is 8.21. The van der Waals surface area contributed by atoms with Crippen molar-refractivity contribution in [1.82, 2.24) is 0 Å². The van der Waals surface area contributed by atoms with Crippen molar-refractivity contribution >= 4 is 5.97 Å². The van der Waals surface area contributed by atoms with Gasteiger partial charge in [0.2, 0.25) is 0 Å². The largest absolute Gasteiger partial charge is 0.480 e. The Kier molecular flexibility index (Phi) is 4.48. The summed E-state index contributed by atoms with van der Waals surface area (Å²) in [6, 6.07) is 6.50. The highest BCUT2D eigenvalue weighted by molar-refractivity contribution is 5.73. The first kappa shape index (κ1) is 14.7. The van der Waals surface area contributed by atoms with Gasteiger partial charge < -0.3 is 15.9 Å². The molecule has 1 aromatic carbocycles. The lowest BCUT2D eigenvalue weighted by Crippen LogP contribution is -2.31. The summed E-state index contributed by atoms with van der Waals surface area (Å²) in [4.78, 5) is 10.6. The third-order valence-corrected chi connectivity index (χ3v) is 2.96. The van der Waals surface area contributed by atoms with E-state index in [1.807, 2.05) is 24.3 Å². The molecule has 100 valence electrons. The van der Waals surface area contributed by atoms with E-state index in [0.29, 0.717) is 5.56 Å². The van der Waals surface area contributed by atoms with Gasteiger partial charge in [-0.25, -0.2) is 0 Å². The maximum atomic E-state index is 10.6. The summed E-state index contributed by atoms with van der Waals surface area (Å²) in [5.41, 5.74) is 7.31. The van der Waals surface area contributed by atoms with Crippen LogP contribution in [0.15, 0.2) is 24.3 Å². The fourth-order valence-corrected chi connectivity index (χ4v) is 1.68. The number of benzene rings is 1. The van der Waals surface area contributed by atoms with Crippen molar-refractivity contribution in [2.45, 2.75) is 44.8 Å². The van der Waals surface area contributed by atoms with Crippen molar-refractivity contribution in [3.8, 4) is 0 Å². The van der Waals surface area contributed by atoms with Crippen molar-refractivity contribution in [2.75, 3.05) is 0 Å². The average molecular weight is 251 g/mol. The van der Waals surface area contributed by atoms with E-state index in [0.717, 1.165) is 0 Å². The van der Waals surface area contributed by atoms with Gasteiger partial charge in [0.25, 0.3) is 0 Å². The van der Waals surface area contributed by atoms with Gasteiger partial charge in [-0.2, -0.15) is 0 Å². The Bertz CT molecular complexity index is 406. The second-order valence-electron chi connectivity index (χ2n) is 5.57. The molecular weight excluding hydrogens is 230 g/mol. The summed E-state index contributed by atoms with van der Waals surface area (Å²) in [7, 11) is 0. The van der Waals surface area contributed by atoms with Crippen LogP contribution in [0.5, 0.6) is 0 Å². The van der Waals surface area contributed by atoms with E-state index in [1.165, 1.54) is 5.56 Å². The van der Waals surface area contributed by atoms with Gasteiger partial charge in [0, 0.05) is 6.42 Å². The number of carboxylic acids is 1. The average Bonchev–Trinajstić information content (AvgIpc) is 2.27. The number of aliphatic hydroxyl groups is 1. The molecule has 0 bridgehead atoms. The lowest BCUT2D eigenvalue weighted by Gasteiger charge is -2.20. The van der Waals surface area contributed by atoms with Crippen molar-refractivity contribution in [1.29, 1.82) is 0 Å². The standard InChI is InChI=1S/C14H21NO3/c1-14(2,3)10-6-4-9(5-7-10)12(16)8-11(15)13(17)18/h4-7,11-12,16H,8,15H2,1-3H3,(H,17,18)/t11-,12-/m0/s1. The van der Waals surface area contributed by atoms with Gasteiger partial charge in [-0.3, -0.25) is 4.79 Å². The number of rotatable bonds is 4. The molecule has 0 amide bonds. The van der Waals surface area contributed by atoms with Gasteiger partial charge in [-0.1, -0.05) is 45.0 Å². The zero-order chi connectivity index (χ0) is 13.9. The third kappa shape index (κ3) is 3.82. The van der Waals surface area contributed by atoms with Gasteiger partial charge in [0.15, 0.2) is 0 Å². The Balaban J connectivity index is 2.76. The van der Waals surface area contributed by atoms with Gasteiger partial charge in [0.1, 0.15) is 6.04 Å². The Labute approximate surface area is 107 Å². The number of hydrogen-bond donors (Lipinski definition) is 3. The van der Waals surface area contributed by atoms with Crippen molar-refractivity contribution in [3.05, 3.63) is 35.4 Å². The number of carboxylic acid groups (broad SMARTS) is 1. The molecule has 0 saturated heterocycles. The molecule has 0 aliphatic carbocycles. The van der Waals surface area contributed by atoms with Crippen LogP contribution in [0, 0.1) is 0 Å². The Morgan fingerprint density at radius 2 is 1.78 bits per heavy atom. The minimum absolute atomic E-state index is 0.0181. The van der Waals surface area contributed by atoms with Crippen molar-refractivity contribution in [2.24, 2.45) is 5.73 Å². The summed E-state index contributed by atoms with van der Waals surface area (Å²) in [5, 5.41) is 18.6. The lowest BCUT2D eigenvalue weighted by molar-refractivity contribution is -0.139. The molecule has 0 saturated carbocycles. The topological polar surface area (TPSA) is 83.5 Å². The Hall–Kier alpha value is -1.39. The molecule has 0 radical (unpaired) electrons. The monoisotopic (exact) mass is 251 g/mol.